The third kappa shape index (κ3) is 5.73. The highest BCUT2D eigenvalue weighted by atomic mass is 16.5. The SMILES string of the molecule is CC(=O)O[C@H]1CC[C@@](CCCCC2CCCCC2)(C2CCCCC2)CC1. The van der Waals surface area contributed by atoms with E-state index in [2.05, 4.69) is 0 Å². The highest BCUT2D eigenvalue weighted by Gasteiger charge is 2.42. The Kier molecular flexibility index (Phi) is 7.88. The lowest BCUT2D eigenvalue weighted by molar-refractivity contribution is -0.150. The fourth-order valence-electron chi connectivity index (χ4n) is 6.48. The molecule has 0 aromatic rings. The Balaban J connectivity index is 1.49. The van der Waals surface area contributed by atoms with Gasteiger partial charge in [-0.05, 0) is 62.2 Å². The van der Waals surface area contributed by atoms with Crippen LogP contribution < -0.4 is 0 Å². The van der Waals surface area contributed by atoms with Crippen LogP contribution in [0.2, 0.25) is 0 Å². The summed E-state index contributed by atoms with van der Waals surface area (Å²) in [6, 6.07) is 0. The number of unbranched alkanes of at least 4 members (excludes halogenated alkanes) is 1. The third-order valence-corrected chi connectivity index (χ3v) is 7.99. The van der Waals surface area contributed by atoms with Gasteiger partial charge in [-0.15, -0.1) is 0 Å². The molecule has 0 radical (unpaired) electrons. The van der Waals surface area contributed by atoms with Crippen molar-refractivity contribution < 1.29 is 9.53 Å². The van der Waals surface area contributed by atoms with Crippen molar-refractivity contribution in [3.8, 4) is 0 Å². The highest BCUT2D eigenvalue weighted by molar-refractivity contribution is 5.66. The lowest BCUT2D eigenvalue weighted by Crippen LogP contribution is -2.38. The van der Waals surface area contributed by atoms with E-state index in [-0.39, 0.29) is 12.1 Å². The van der Waals surface area contributed by atoms with Crippen molar-refractivity contribution in [2.24, 2.45) is 17.3 Å². The van der Waals surface area contributed by atoms with Gasteiger partial charge in [0.1, 0.15) is 6.10 Å². The van der Waals surface area contributed by atoms with Gasteiger partial charge in [0.25, 0.3) is 0 Å². The maximum Gasteiger partial charge on any atom is 0.302 e. The molecule has 3 fully saturated rings. The molecule has 2 heteroatoms. The van der Waals surface area contributed by atoms with Crippen LogP contribution in [0.1, 0.15) is 122 Å². The van der Waals surface area contributed by atoms with E-state index in [0.29, 0.717) is 5.41 Å². The molecule has 0 heterocycles. The number of carbonyl (C=O) groups is 1. The molecule has 150 valence electrons. The minimum atomic E-state index is -0.0901. The standard InChI is InChI=1S/C24H42O2/c1-20(25)26-23-15-18-24(19-16-23,22-13-6-3-7-14-22)17-9-8-12-21-10-4-2-5-11-21/h21-23H,2-19H2,1H3/t23-,24+. The normalized spacial score (nSPS) is 31.7. The first-order valence-electron chi connectivity index (χ1n) is 11.9. The molecule has 0 aliphatic heterocycles. The van der Waals surface area contributed by atoms with Crippen LogP contribution >= 0.6 is 0 Å². The molecule has 0 atom stereocenters. The molecule has 0 amide bonds. The molecule has 3 rings (SSSR count). The highest BCUT2D eigenvalue weighted by Crippen LogP contribution is 2.52. The number of ether oxygens (including phenoxy) is 1. The van der Waals surface area contributed by atoms with Crippen molar-refractivity contribution in [3.63, 3.8) is 0 Å². The smallest absolute Gasteiger partial charge is 0.302 e. The third-order valence-electron chi connectivity index (χ3n) is 7.99. The lowest BCUT2D eigenvalue weighted by atomic mass is 9.59. The van der Waals surface area contributed by atoms with Gasteiger partial charge >= 0.3 is 5.97 Å². The summed E-state index contributed by atoms with van der Waals surface area (Å²) < 4.78 is 5.54. The van der Waals surface area contributed by atoms with Crippen LogP contribution in [0.3, 0.4) is 0 Å². The van der Waals surface area contributed by atoms with Crippen LogP contribution in [-0.2, 0) is 9.53 Å². The zero-order valence-corrected chi connectivity index (χ0v) is 17.3. The first kappa shape index (κ1) is 20.2. The van der Waals surface area contributed by atoms with Crippen LogP contribution in [0.5, 0.6) is 0 Å². The van der Waals surface area contributed by atoms with Crippen molar-refractivity contribution in [1.82, 2.24) is 0 Å². The topological polar surface area (TPSA) is 26.3 Å². The largest absolute Gasteiger partial charge is 0.463 e. The summed E-state index contributed by atoms with van der Waals surface area (Å²) in [5, 5.41) is 0. The molecule has 0 saturated heterocycles. The molecular weight excluding hydrogens is 320 g/mol. The molecule has 3 aliphatic carbocycles. The Morgan fingerprint density at radius 2 is 1.46 bits per heavy atom. The zero-order valence-electron chi connectivity index (χ0n) is 17.3. The molecular formula is C24H42O2. The summed E-state index contributed by atoms with van der Waals surface area (Å²) in [5.74, 6) is 1.89. The van der Waals surface area contributed by atoms with E-state index in [1.165, 1.54) is 103 Å². The van der Waals surface area contributed by atoms with Crippen molar-refractivity contribution in [3.05, 3.63) is 0 Å². The number of hydrogen-bond donors (Lipinski definition) is 0. The molecule has 3 saturated carbocycles. The molecule has 0 spiro atoms. The first-order valence-corrected chi connectivity index (χ1v) is 11.9. The molecule has 0 bridgehead atoms. The number of rotatable bonds is 7. The average Bonchev–Trinajstić information content (AvgIpc) is 2.68. The minimum Gasteiger partial charge on any atom is -0.463 e. The number of carbonyl (C=O) groups excluding carboxylic acids is 1. The van der Waals surface area contributed by atoms with Crippen molar-refractivity contribution in [2.75, 3.05) is 0 Å². The van der Waals surface area contributed by atoms with Gasteiger partial charge in [0.05, 0.1) is 0 Å². The van der Waals surface area contributed by atoms with E-state index >= 15 is 0 Å². The summed E-state index contributed by atoms with van der Waals surface area (Å²) in [6.07, 6.45) is 25.5. The first-order chi connectivity index (χ1) is 12.7. The van der Waals surface area contributed by atoms with Crippen LogP contribution in [-0.4, -0.2) is 12.1 Å². The lowest BCUT2D eigenvalue weighted by Gasteiger charge is -2.47. The van der Waals surface area contributed by atoms with Crippen LogP contribution in [0.25, 0.3) is 0 Å². The van der Waals surface area contributed by atoms with E-state index in [1.807, 2.05) is 0 Å². The second kappa shape index (κ2) is 10.1. The maximum atomic E-state index is 11.3. The van der Waals surface area contributed by atoms with Crippen molar-refractivity contribution in [1.29, 1.82) is 0 Å². The molecule has 2 nitrogen and oxygen atoms in total. The molecule has 0 aromatic carbocycles. The maximum absolute atomic E-state index is 11.3. The van der Waals surface area contributed by atoms with E-state index in [9.17, 15) is 4.79 Å². The van der Waals surface area contributed by atoms with Crippen LogP contribution in [0.15, 0.2) is 0 Å². The van der Waals surface area contributed by atoms with E-state index in [0.717, 1.165) is 24.7 Å². The van der Waals surface area contributed by atoms with Gasteiger partial charge in [-0.25, -0.2) is 0 Å². The van der Waals surface area contributed by atoms with Crippen LogP contribution in [0.4, 0.5) is 0 Å². The zero-order chi connectivity index (χ0) is 18.2. The van der Waals surface area contributed by atoms with Gasteiger partial charge in [-0.1, -0.05) is 70.6 Å². The number of hydrogen-bond acceptors (Lipinski definition) is 2. The number of esters is 1. The average molecular weight is 363 g/mol. The molecule has 0 N–H and O–H groups in total. The Morgan fingerprint density at radius 3 is 2.08 bits per heavy atom. The molecule has 3 aliphatic rings. The van der Waals surface area contributed by atoms with Gasteiger partial charge in [0, 0.05) is 6.92 Å². The van der Waals surface area contributed by atoms with Crippen LogP contribution in [0, 0.1) is 17.3 Å². The fourth-order valence-corrected chi connectivity index (χ4v) is 6.48. The monoisotopic (exact) mass is 362 g/mol. The second-order valence-corrected chi connectivity index (χ2v) is 9.76. The second-order valence-electron chi connectivity index (χ2n) is 9.76. The minimum absolute atomic E-state index is 0.0901. The Labute approximate surface area is 161 Å². The Bertz CT molecular complexity index is 410. The predicted molar refractivity (Wildman–Crippen MR) is 108 cm³/mol. The van der Waals surface area contributed by atoms with Crippen molar-refractivity contribution in [2.45, 2.75) is 129 Å². The van der Waals surface area contributed by atoms with Gasteiger partial charge in [-0.2, -0.15) is 0 Å². The quantitative estimate of drug-likeness (QED) is 0.353. The summed E-state index contributed by atoms with van der Waals surface area (Å²) in [6.45, 7) is 1.56. The molecule has 0 unspecified atom stereocenters. The Hall–Kier alpha value is -0.530. The van der Waals surface area contributed by atoms with E-state index in [4.69, 9.17) is 4.74 Å². The summed E-state index contributed by atoms with van der Waals surface area (Å²) in [5.41, 5.74) is 0.573. The van der Waals surface area contributed by atoms with Gasteiger partial charge < -0.3 is 4.74 Å². The van der Waals surface area contributed by atoms with Crippen molar-refractivity contribution >= 4 is 5.97 Å². The summed E-state index contributed by atoms with van der Waals surface area (Å²) >= 11 is 0. The Morgan fingerprint density at radius 1 is 0.846 bits per heavy atom. The van der Waals surface area contributed by atoms with Gasteiger partial charge in [0.2, 0.25) is 0 Å². The van der Waals surface area contributed by atoms with Gasteiger partial charge in [-0.3, -0.25) is 4.79 Å². The predicted octanol–water partition coefficient (Wildman–Crippen LogP) is 7.20. The molecule has 26 heavy (non-hydrogen) atoms. The molecule has 0 aromatic heterocycles. The van der Waals surface area contributed by atoms with E-state index < -0.39 is 0 Å². The summed E-state index contributed by atoms with van der Waals surface area (Å²) in [4.78, 5) is 11.3. The fraction of sp³-hybridized carbons (Fsp3) is 0.958. The summed E-state index contributed by atoms with van der Waals surface area (Å²) in [7, 11) is 0. The van der Waals surface area contributed by atoms with Gasteiger partial charge in [0.15, 0.2) is 0 Å². The van der Waals surface area contributed by atoms with E-state index in [1.54, 1.807) is 6.92 Å².